The zero-order valence-corrected chi connectivity index (χ0v) is 19.9. The van der Waals surface area contributed by atoms with Crippen molar-refractivity contribution < 1.29 is 32.2 Å². The molecule has 1 aliphatic carbocycles. The predicted molar refractivity (Wildman–Crippen MR) is 128 cm³/mol. The van der Waals surface area contributed by atoms with Crippen LogP contribution in [0.15, 0.2) is 47.6 Å². The highest BCUT2D eigenvalue weighted by Crippen LogP contribution is 2.34. The predicted octanol–water partition coefficient (Wildman–Crippen LogP) is 5.09. The molecule has 2 aromatic carbocycles. The van der Waals surface area contributed by atoms with Gasteiger partial charge < -0.3 is 19.6 Å². The summed E-state index contributed by atoms with van der Waals surface area (Å²) >= 11 is 0. The number of carbonyl (C=O) groups excluding carboxylic acids is 2. The van der Waals surface area contributed by atoms with Gasteiger partial charge in [-0.15, -0.1) is 0 Å². The van der Waals surface area contributed by atoms with Gasteiger partial charge in [-0.25, -0.2) is 0 Å². The zero-order chi connectivity index (χ0) is 25.7. The van der Waals surface area contributed by atoms with Gasteiger partial charge in [0.05, 0.1) is 25.5 Å². The van der Waals surface area contributed by atoms with Crippen molar-refractivity contribution in [1.82, 2.24) is 5.01 Å². The molecule has 1 N–H and O–H groups in total. The maximum atomic E-state index is 12.5. The number of methoxy groups -OCH3 is 1. The van der Waals surface area contributed by atoms with E-state index in [1.54, 1.807) is 24.3 Å². The van der Waals surface area contributed by atoms with Crippen LogP contribution in [0, 0.1) is 0 Å². The molecule has 10 heteroatoms. The van der Waals surface area contributed by atoms with Crippen LogP contribution in [0.3, 0.4) is 0 Å². The molecule has 0 radical (unpaired) electrons. The molecule has 192 valence electrons. The van der Waals surface area contributed by atoms with Crippen LogP contribution >= 0.6 is 0 Å². The number of aldehydes is 1. The number of benzene rings is 2. The van der Waals surface area contributed by atoms with Crippen LogP contribution < -0.4 is 14.8 Å². The maximum Gasteiger partial charge on any atom is 0.471 e. The SMILES string of the molecule is COc1ccc(C2=NN(Cc3ccc(NC(=O)C(F)(F)F)cc3)C(C=O)CC2)cc1OC1CCCC1. The van der Waals surface area contributed by atoms with Crippen molar-refractivity contribution in [2.75, 3.05) is 12.4 Å². The van der Waals surface area contributed by atoms with E-state index < -0.39 is 18.1 Å². The molecule has 0 spiro atoms. The molecule has 1 saturated carbocycles. The molecular weight excluding hydrogens is 475 g/mol. The van der Waals surface area contributed by atoms with E-state index in [9.17, 15) is 22.8 Å². The van der Waals surface area contributed by atoms with E-state index >= 15 is 0 Å². The number of nitrogens with zero attached hydrogens (tertiary/aromatic N) is 2. The summed E-state index contributed by atoms with van der Waals surface area (Å²) in [5.41, 5.74) is 2.45. The summed E-state index contributed by atoms with van der Waals surface area (Å²) in [5, 5.41) is 8.23. The van der Waals surface area contributed by atoms with Gasteiger partial charge in [0.2, 0.25) is 0 Å². The first-order valence-electron chi connectivity index (χ1n) is 11.9. The Hall–Kier alpha value is -3.56. The van der Waals surface area contributed by atoms with Gasteiger partial charge in [-0.2, -0.15) is 18.3 Å². The number of ether oxygens (including phenoxy) is 2. The third-order valence-electron chi connectivity index (χ3n) is 6.37. The average Bonchev–Trinajstić information content (AvgIpc) is 3.37. The van der Waals surface area contributed by atoms with Crippen LogP contribution in [0.25, 0.3) is 0 Å². The Morgan fingerprint density at radius 2 is 1.83 bits per heavy atom. The number of nitrogens with one attached hydrogen (secondary N) is 1. The van der Waals surface area contributed by atoms with Gasteiger partial charge in [0.15, 0.2) is 11.5 Å². The van der Waals surface area contributed by atoms with E-state index in [0.29, 0.717) is 24.3 Å². The Morgan fingerprint density at radius 3 is 2.47 bits per heavy atom. The van der Waals surface area contributed by atoms with Crippen LogP contribution in [0.1, 0.15) is 49.7 Å². The van der Waals surface area contributed by atoms with Crippen LogP contribution in [-0.2, 0) is 16.1 Å². The van der Waals surface area contributed by atoms with E-state index in [2.05, 4.69) is 0 Å². The number of anilines is 1. The minimum Gasteiger partial charge on any atom is -0.493 e. The van der Waals surface area contributed by atoms with Gasteiger partial charge in [0.1, 0.15) is 12.3 Å². The highest BCUT2D eigenvalue weighted by Gasteiger charge is 2.38. The molecule has 7 nitrogen and oxygen atoms in total. The molecule has 0 aromatic heterocycles. The van der Waals surface area contributed by atoms with Crippen molar-refractivity contribution in [3.63, 3.8) is 0 Å². The lowest BCUT2D eigenvalue weighted by atomic mass is 10.00. The third kappa shape index (κ3) is 6.16. The molecule has 2 aliphatic rings. The van der Waals surface area contributed by atoms with Gasteiger partial charge in [-0.05, 0) is 74.4 Å². The number of rotatable bonds is 8. The Bertz CT molecular complexity index is 1110. The number of carbonyl (C=O) groups is 2. The molecule has 1 amide bonds. The van der Waals surface area contributed by atoms with Crippen molar-refractivity contribution in [2.45, 2.75) is 63.4 Å². The summed E-state index contributed by atoms with van der Waals surface area (Å²) in [4.78, 5) is 22.8. The Labute approximate surface area is 207 Å². The number of halogens is 3. The van der Waals surface area contributed by atoms with E-state index in [0.717, 1.165) is 48.8 Å². The fourth-order valence-electron chi connectivity index (χ4n) is 4.42. The van der Waals surface area contributed by atoms with Crippen molar-refractivity contribution in [1.29, 1.82) is 0 Å². The fraction of sp³-hybridized carbons (Fsp3) is 0.423. The van der Waals surface area contributed by atoms with E-state index in [4.69, 9.17) is 14.6 Å². The zero-order valence-electron chi connectivity index (χ0n) is 19.9. The van der Waals surface area contributed by atoms with Crippen LogP contribution in [-0.4, -0.2) is 48.3 Å². The molecular formula is C26H28F3N3O4. The number of alkyl halides is 3. The van der Waals surface area contributed by atoms with Crippen molar-refractivity contribution in [3.05, 3.63) is 53.6 Å². The molecule has 1 fully saturated rings. The number of hydrogen-bond acceptors (Lipinski definition) is 6. The lowest BCUT2D eigenvalue weighted by Gasteiger charge is -2.31. The normalized spacial score (nSPS) is 18.5. The summed E-state index contributed by atoms with van der Waals surface area (Å²) in [6.45, 7) is 0.280. The molecule has 1 atom stereocenters. The summed E-state index contributed by atoms with van der Waals surface area (Å²) in [5.74, 6) is -0.704. The summed E-state index contributed by atoms with van der Waals surface area (Å²) in [6.07, 6.45) is 1.57. The smallest absolute Gasteiger partial charge is 0.471 e. The standard InChI is InChI=1S/C26H28F3N3O4/c1-35-23-13-8-18(14-24(23)36-21-4-2-3-5-21)22-12-11-20(16-33)32(31-22)15-17-6-9-19(10-7-17)30-25(34)26(27,28)29/h6-10,13-14,16,20-21H,2-5,11-12,15H2,1H3,(H,30,34). The third-order valence-corrected chi connectivity index (χ3v) is 6.37. The van der Waals surface area contributed by atoms with Gasteiger partial charge in [0.25, 0.3) is 0 Å². The lowest BCUT2D eigenvalue weighted by molar-refractivity contribution is -0.167. The molecule has 0 saturated heterocycles. The maximum absolute atomic E-state index is 12.5. The molecule has 1 aliphatic heterocycles. The lowest BCUT2D eigenvalue weighted by Crippen LogP contribution is -2.37. The van der Waals surface area contributed by atoms with Gasteiger partial charge in [-0.3, -0.25) is 9.80 Å². The number of amides is 1. The largest absolute Gasteiger partial charge is 0.493 e. The molecule has 0 bridgehead atoms. The second-order valence-electron chi connectivity index (χ2n) is 8.93. The first-order valence-corrected chi connectivity index (χ1v) is 11.9. The van der Waals surface area contributed by atoms with E-state index in [-0.39, 0.29) is 18.3 Å². The van der Waals surface area contributed by atoms with Crippen LogP contribution in [0.4, 0.5) is 18.9 Å². The summed E-state index contributed by atoms with van der Waals surface area (Å²) in [6, 6.07) is 11.2. The Balaban J connectivity index is 1.51. The molecule has 36 heavy (non-hydrogen) atoms. The van der Waals surface area contributed by atoms with Gasteiger partial charge in [0, 0.05) is 11.3 Å². The fourth-order valence-corrected chi connectivity index (χ4v) is 4.42. The Morgan fingerprint density at radius 1 is 1.11 bits per heavy atom. The second kappa shape index (κ2) is 11.0. The van der Waals surface area contributed by atoms with E-state index in [1.165, 1.54) is 12.1 Å². The second-order valence-corrected chi connectivity index (χ2v) is 8.93. The monoisotopic (exact) mass is 503 g/mol. The average molecular weight is 504 g/mol. The van der Waals surface area contributed by atoms with Gasteiger partial charge in [-0.1, -0.05) is 12.1 Å². The van der Waals surface area contributed by atoms with Crippen LogP contribution in [0.2, 0.25) is 0 Å². The van der Waals surface area contributed by atoms with Gasteiger partial charge >= 0.3 is 12.1 Å². The highest BCUT2D eigenvalue weighted by atomic mass is 19.4. The topological polar surface area (TPSA) is 80.2 Å². The minimum absolute atomic E-state index is 0.0314. The number of hydrogen-bond donors (Lipinski definition) is 1. The molecule has 1 heterocycles. The highest BCUT2D eigenvalue weighted by molar-refractivity contribution is 6.01. The van der Waals surface area contributed by atoms with Crippen molar-refractivity contribution >= 4 is 23.6 Å². The first kappa shape index (κ1) is 25.5. The van der Waals surface area contributed by atoms with Crippen molar-refractivity contribution in [3.8, 4) is 11.5 Å². The molecule has 1 unspecified atom stereocenters. The van der Waals surface area contributed by atoms with Crippen molar-refractivity contribution in [2.24, 2.45) is 5.10 Å². The molecule has 2 aromatic rings. The summed E-state index contributed by atoms with van der Waals surface area (Å²) in [7, 11) is 1.60. The first-order chi connectivity index (χ1) is 17.3. The van der Waals surface area contributed by atoms with E-state index in [1.807, 2.05) is 23.5 Å². The summed E-state index contributed by atoms with van der Waals surface area (Å²) < 4.78 is 49.1. The quantitative estimate of drug-likeness (QED) is 0.508. The molecule has 4 rings (SSSR count). The van der Waals surface area contributed by atoms with Crippen LogP contribution in [0.5, 0.6) is 11.5 Å². The Kier molecular flexibility index (Phi) is 7.81. The minimum atomic E-state index is -4.96. The number of hydrazone groups is 1.